The Morgan fingerprint density at radius 2 is 1.83 bits per heavy atom. The summed E-state index contributed by atoms with van der Waals surface area (Å²) in [7, 11) is 3.50. The Morgan fingerprint density at radius 1 is 1.17 bits per heavy atom. The third-order valence-corrected chi connectivity index (χ3v) is 4.78. The highest BCUT2D eigenvalue weighted by Crippen LogP contribution is 2.35. The number of fused-ring (bicyclic) bond motifs is 1. The van der Waals surface area contributed by atoms with E-state index in [-0.39, 0.29) is 29.9 Å². The van der Waals surface area contributed by atoms with Crippen molar-refractivity contribution in [3.8, 4) is 0 Å². The number of ether oxygens (including phenoxy) is 1. The van der Waals surface area contributed by atoms with Crippen molar-refractivity contribution < 1.29 is 14.3 Å². The smallest absolute Gasteiger partial charge is 0.254 e. The molecule has 0 radical (unpaired) electrons. The van der Waals surface area contributed by atoms with E-state index in [4.69, 9.17) is 4.74 Å². The van der Waals surface area contributed by atoms with Gasteiger partial charge in [0.2, 0.25) is 5.91 Å². The molecular weight excluding hydrogens is 292 g/mol. The van der Waals surface area contributed by atoms with E-state index in [1.807, 2.05) is 30.9 Å². The lowest BCUT2D eigenvalue weighted by Crippen LogP contribution is -2.37. The van der Waals surface area contributed by atoms with Gasteiger partial charge in [0.25, 0.3) is 5.91 Å². The molecule has 0 spiro atoms. The number of nitrogens with zero attached hydrogens (tertiary/aromatic N) is 2. The van der Waals surface area contributed by atoms with Crippen molar-refractivity contribution in [2.24, 2.45) is 5.92 Å². The zero-order valence-electron chi connectivity index (χ0n) is 14.2. The van der Waals surface area contributed by atoms with Crippen molar-refractivity contribution in [2.75, 3.05) is 27.2 Å². The van der Waals surface area contributed by atoms with Crippen LogP contribution in [0.25, 0.3) is 0 Å². The Labute approximate surface area is 137 Å². The van der Waals surface area contributed by atoms with Crippen LogP contribution in [0, 0.1) is 19.8 Å². The van der Waals surface area contributed by atoms with Gasteiger partial charge in [-0.25, -0.2) is 0 Å². The highest BCUT2D eigenvalue weighted by atomic mass is 16.5. The monoisotopic (exact) mass is 316 g/mol. The Balaban J connectivity index is 1.87. The Hall–Kier alpha value is -1.88. The molecule has 23 heavy (non-hydrogen) atoms. The van der Waals surface area contributed by atoms with Gasteiger partial charge in [-0.2, -0.15) is 0 Å². The van der Waals surface area contributed by atoms with Crippen molar-refractivity contribution >= 4 is 11.8 Å². The van der Waals surface area contributed by atoms with E-state index in [9.17, 15) is 9.59 Å². The fraction of sp³-hybridized carbons (Fsp3) is 0.556. The van der Waals surface area contributed by atoms with Crippen LogP contribution in [0.4, 0.5) is 0 Å². The van der Waals surface area contributed by atoms with Gasteiger partial charge in [0.05, 0.1) is 18.1 Å². The lowest BCUT2D eigenvalue weighted by atomic mass is 10.0. The number of benzene rings is 1. The Bertz CT molecular complexity index is 621. The molecule has 1 aromatic rings. The summed E-state index contributed by atoms with van der Waals surface area (Å²) in [6.45, 7) is 5.04. The molecular formula is C18H24N2O3. The zero-order valence-corrected chi connectivity index (χ0v) is 14.2. The van der Waals surface area contributed by atoms with E-state index >= 15 is 0 Å². The van der Waals surface area contributed by atoms with Gasteiger partial charge in [-0.3, -0.25) is 9.59 Å². The summed E-state index contributed by atoms with van der Waals surface area (Å²) in [4.78, 5) is 28.8. The SMILES string of the molecule is Cc1cc(C)cc(C(=O)N2C[C@H](C(=O)N(C)C)C3OCCC32)c1. The van der Waals surface area contributed by atoms with Crippen LogP contribution in [0.15, 0.2) is 18.2 Å². The van der Waals surface area contributed by atoms with Crippen LogP contribution in [0.2, 0.25) is 0 Å². The number of carbonyl (C=O) groups excluding carboxylic acids is 2. The molecule has 2 amide bonds. The first kappa shape index (κ1) is 16.0. The van der Waals surface area contributed by atoms with Gasteiger partial charge in [0.1, 0.15) is 0 Å². The van der Waals surface area contributed by atoms with Gasteiger partial charge in [0.15, 0.2) is 0 Å². The van der Waals surface area contributed by atoms with E-state index in [1.54, 1.807) is 19.0 Å². The van der Waals surface area contributed by atoms with Gasteiger partial charge in [0, 0.05) is 32.8 Å². The average Bonchev–Trinajstić information content (AvgIpc) is 3.06. The summed E-state index contributed by atoms with van der Waals surface area (Å²) in [6.07, 6.45) is 0.637. The first-order chi connectivity index (χ1) is 10.9. The molecule has 0 N–H and O–H groups in total. The normalized spacial score (nSPS) is 26.3. The van der Waals surface area contributed by atoms with Crippen molar-refractivity contribution in [3.63, 3.8) is 0 Å². The van der Waals surface area contributed by atoms with Crippen molar-refractivity contribution in [1.29, 1.82) is 0 Å². The number of hydrogen-bond acceptors (Lipinski definition) is 3. The molecule has 2 aliphatic heterocycles. The third kappa shape index (κ3) is 2.85. The van der Waals surface area contributed by atoms with E-state index in [1.165, 1.54) is 0 Å². The highest BCUT2D eigenvalue weighted by Gasteiger charge is 2.50. The lowest BCUT2D eigenvalue weighted by molar-refractivity contribution is -0.135. The Morgan fingerprint density at radius 3 is 2.43 bits per heavy atom. The van der Waals surface area contributed by atoms with Crippen LogP contribution in [-0.4, -0.2) is 61.0 Å². The molecule has 3 rings (SSSR count). The van der Waals surface area contributed by atoms with Crippen LogP contribution >= 0.6 is 0 Å². The maximum absolute atomic E-state index is 13.0. The fourth-order valence-corrected chi connectivity index (χ4v) is 3.82. The van der Waals surface area contributed by atoms with Gasteiger partial charge in [-0.1, -0.05) is 17.2 Å². The minimum Gasteiger partial charge on any atom is -0.375 e. The summed E-state index contributed by atoms with van der Waals surface area (Å²) >= 11 is 0. The molecule has 0 bridgehead atoms. The third-order valence-electron chi connectivity index (χ3n) is 4.78. The first-order valence-corrected chi connectivity index (χ1v) is 8.10. The fourth-order valence-electron chi connectivity index (χ4n) is 3.82. The maximum atomic E-state index is 13.0. The highest BCUT2D eigenvalue weighted by molar-refractivity contribution is 5.96. The largest absolute Gasteiger partial charge is 0.375 e. The number of amides is 2. The molecule has 0 saturated carbocycles. The maximum Gasteiger partial charge on any atom is 0.254 e. The quantitative estimate of drug-likeness (QED) is 0.833. The molecule has 2 aliphatic rings. The van der Waals surface area contributed by atoms with E-state index in [2.05, 4.69) is 6.07 Å². The topological polar surface area (TPSA) is 49.9 Å². The van der Waals surface area contributed by atoms with Crippen LogP contribution in [-0.2, 0) is 9.53 Å². The van der Waals surface area contributed by atoms with Gasteiger partial charge < -0.3 is 14.5 Å². The minimum absolute atomic E-state index is 0.00589. The van der Waals surface area contributed by atoms with E-state index in [0.29, 0.717) is 18.7 Å². The van der Waals surface area contributed by atoms with Gasteiger partial charge in [-0.15, -0.1) is 0 Å². The molecule has 2 fully saturated rings. The molecule has 0 aliphatic carbocycles. The summed E-state index contributed by atoms with van der Waals surface area (Å²) in [5, 5.41) is 0. The number of rotatable bonds is 2. The lowest BCUT2D eigenvalue weighted by Gasteiger charge is -2.23. The molecule has 1 aromatic carbocycles. The van der Waals surface area contributed by atoms with Crippen molar-refractivity contribution in [3.05, 3.63) is 34.9 Å². The van der Waals surface area contributed by atoms with Crippen LogP contribution in [0.1, 0.15) is 27.9 Å². The van der Waals surface area contributed by atoms with E-state index < -0.39 is 0 Å². The van der Waals surface area contributed by atoms with Crippen LogP contribution in [0.3, 0.4) is 0 Å². The first-order valence-electron chi connectivity index (χ1n) is 8.10. The molecule has 5 heteroatoms. The van der Waals surface area contributed by atoms with E-state index in [0.717, 1.165) is 17.5 Å². The van der Waals surface area contributed by atoms with Crippen LogP contribution < -0.4 is 0 Å². The summed E-state index contributed by atoms with van der Waals surface area (Å²) in [5.74, 6) is -0.212. The second-order valence-corrected chi connectivity index (χ2v) is 6.86. The average molecular weight is 316 g/mol. The molecule has 0 aromatic heterocycles. The molecule has 2 heterocycles. The summed E-state index contributed by atoms with van der Waals surface area (Å²) < 4.78 is 5.78. The van der Waals surface area contributed by atoms with Crippen molar-refractivity contribution in [2.45, 2.75) is 32.4 Å². The second kappa shape index (κ2) is 5.96. The molecule has 2 saturated heterocycles. The number of aryl methyl sites for hydroxylation is 2. The molecule has 124 valence electrons. The zero-order chi connectivity index (χ0) is 16.7. The molecule has 2 unspecified atom stereocenters. The van der Waals surface area contributed by atoms with Crippen molar-refractivity contribution in [1.82, 2.24) is 9.80 Å². The Kier molecular flexibility index (Phi) is 4.15. The number of carbonyl (C=O) groups is 2. The molecule has 5 nitrogen and oxygen atoms in total. The second-order valence-electron chi connectivity index (χ2n) is 6.86. The minimum atomic E-state index is -0.257. The summed E-state index contributed by atoms with van der Waals surface area (Å²) in [5.41, 5.74) is 2.85. The molecule has 3 atom stereocenters. The predicted molar refractivity (Wildman–Crippen MR) is 87.3 cm³/mol. The predicted octanol–water partition coefficient (Wildman–Crippen LogP) is 1.62. The summed E-state index contributed by atoms with van der Waals surface area (Å²) in [6, 6.07) is 5.90. The van der Waals surface area contributed by atoms with Crippen LogP contribution in [0.5, 0.6) is 0 Å². The van der Waals surface area contributed by atoms with Gasteiger partial charge in [-0.05, 0) is 32.4 Å². The number of likely N-dealkylation sites (tertiary alicyclic amines) is 1. The number of hydrogen-bond donors (Lipinski definition) is 0. The standard InChI is InChI=1S/C18H24N2O3/c1-11-7-12(2)9-13(8-11)17(21)20-10-14(18(22)19(3)4)16-15(20)5-6-23-16/h7-9,14-16H,5-6,10H2,1-4H3/t14-,15?,16?/m0/s1. The van der Waals surface area contributed by atoms with Gasteiger partial charge >= 0.3 is 0 Å².